The fourth-order valence-electron chi connectivity index (χ4n) is 3.11. The Kier molecular flexibility index (Phi) is 3.13. The second-order valence-electron chi connectivity index (χ2n) is 5.40. The average Bonchev–Trinajstić information content (AvgIpc) is 2.77. The minimum Gasteiger partial charge on any atom is -0.396 e. The summed E-state index contributed by atoms with van der Waals surface area (Å²) in [6, 6.07) is 1.21. The number of hydrogen-bond donors (Lipinski definition) is 2. The molecule has 2 bridgehead atoms. The fourth-order valence-corrected chi connectivity index (χ4v) is 3.11. The summed E-state index contributed by atoms with van der Waals surface area (Å²) in [5.41, 5.74) is 0. The first-order valence-corrected chi connectivity index (χ1v) is 6.07. The molecule has 0 radical (unpaired) electrons. The molecule has 0 amide bonds. The Morgan fingerprint density at radius 3 is 2.57 bits per heavy atom. The lowest BCUT2D eigenvalue weighted by molar-refractivity contribution is 0.191. The van der Waals surface area contributed by atoms with Crippen molar-refractivity contribution in [2.75, 3.05) is 6.61 Å². The van der Waals surface area contributed by atoms with E-state index in [2.05, 4.69) is 19.2 Å². The van der Waals surface area contributed by atoms with Crippen LogP contribution in [0.15, 0.2) is 0 Å². The normalized spacial score (nSPS) is 40.1. The van der Waals surface area contributed by atoms with Crippen molar-refractivity contribution in [1.82, 2.24) is 5.32 Å². The van der Waals surface area contributed by atoms with Gasteiger partial charge < -0.3 is 10.4 Å². The van der Waals surface area contributed by atoms with Gasteiger partial charge >= 0.3 is 0 Å². The van der Waals surface area contributed by atoms with Crippen LogP contribution in [0.4, 0.5) is 0 Å². The summed E-state index contributed by atoms with van der Waals surface area (Å²) in [4.78, 5) is 0. The summed E-state index contributed by atoms with van der Waals surface area (Å²) in [6.45, 7) is 4.62. The van der Waals surface area contributed by atoms with E-state index in [0.29, 0.717) is 18.6 Å². The van der Waals surface area contributed by atoms with E-state index in [1.54, 1.807) is 0 Å². The van der Waals surface area contributed by atoms with Gasteiger partial charge in [0, 0.05) is 18.7 Å². The number of aliphatic hydroxyl groups excluding tert-OH is 1. The van der Waals surface area contributed by atoms with Crippen LogP contribution in [-0.2, 0) is 0 Å². The number of hydrogen-bond acceptors (Lipinski definition) is 2. The van der Waals surface area contributed by atoms with E-state index < -0.39 is 0 Å². The number of aliphatic hydroxyl groups is 1. The zero-order valence-corrected chi connectivity index (χ0v) is 9.37. The topological polar surface area (TPSA) is 32.3 Å². The first-order valence-electron chi connectivity index (χ1n) is 6.07. The Hall–Kier alpha value is -0.0800. The molecule has 0 spiro atoms. The van der Waals surface area contributed by atoms with Gasteiger partial charge in [-0.05, 0) is 43.9 Å². The van der Waals surface area contributed by atoms with Crippen molar-refractivity contribution >= 4 is 0 Å². The van der Waals surface area contributed by atoms with Crippen LogP contribution in [0.25, 0.3) is 0 Å². The monoisotopic (exact) mass is 197 g/mol. The van der Waals surface area contributed by atoms with Gasteiger partial charge in [0.2, 0.25) is 0 Å². The Morgan fingerprint density at radius 2 is 2.07 bits per heavy atom. The highest BCUT2D eigenvalue weighted by molar-refractivity contribution is 4.95. The molecule has 0 aromatic rings. The Morgan fingerprint density at radius 1 is 1.29 bits per heavy atom. The first-order chi connectivity index (χ1) is 6.70. The minimum atomic E-state index is 0.301. The maximum absolute atomic E-state index is 9.07. The smallest absolute Gasteiger partial charge is 0.0471 e. The summed E-state index contributed by atoms with van der Waals surface area (Å²) in [7, 11) is 0. The lowest BCUT2D eigenvalue weighted by Crippen LogP contribution is -2.43. The Balaban J connectivity index is 1.80. The second-order valence-corrected chi connectivity index (χ2v) is 5.40. The molecule has 0 aromatic heterocycles. The van der Waals surface area contributed by atoms with Gasteiger partial charge in [0.05, 0.1) is 0 Å². The van der Waals surface area contributed by atoms with Crippen LogP contribution in [0.3, 0.4) is 0 Å². The van der Waals surface area contributed by atoms with E-state index in [1.165, 1.54) is 25.7 Å². The van der Waals surface area contributed by atoms with Crippen molar-refractivity contribution in [3.8, 4) is 0 Å². The Bertz CT molecular complexity index is 195. The molecule has 82 valence electrons. The molecule has 2 heteroatoms. The molecule has 0 aliphatic heterocycles. The van der Waals surface area contributed by atoms with Crippen molar-refractivity contribution in [2.24, 2.45) is 17.8 Å². The maximum Gasteiger partial charge on any atom is 0.0471 e. The van der Waals surface area contributed by atoms with Gasteiger partial charge in [0.15, 0.2) is 0 Å². The van der Waals surface area contributed by atoms with Crippen LogP contribution >= 0.6 is 0 Å². The summed E-state index contributed by atoms with van der Waals surface area (Å²) in [5.74, 6) is 2.33. The summed E-state index contributed by atoms with van der Waals surface area (Å²) < 4.78 is 0. The average molecular weight is 197 g/mol. The van der Waals surface area contributed by atoms with E-state index in [-0.39, 0.29) is 0 Å². The maximum atomic E-state index is 9.07. The summed E-state index contributed by atoms with van der Waals surface area (Å²) in [5, 5.41) is 12.8. The third-order valence-electron chi connectivity index (χ3n) is 4.36. The van der Waals surface area contributed by atoms with Crippen LogP contribution in [0, 0.1) is 17.8 Å². The van der Waals surface area contributed by atoms with Gasteiger partial charge in [-0.15, -0.1) is 0 Å². The van der Waals surface area contributed by atoms with Crippen LogP contribution in [0.5, 0.6) is 0 Å². The molecule has 0 saturated heterocycles. The lowest BCUT2D eigenvalue weighted by Gasteiger charge is -2.29. The molecule has 14 heavy (non-hydrogen) atoms. The first kappa shape index (κ1) is 10.4. The van der Waals surface area contributed by atoms with Crippen LogP contribution in [0.1, 0.15) is 39.5 Å². The molecule has 2 rings (SSSR count). The largest absolute Gasteiger partial charge is 0.396 e. The molecule has 0 heterocycles. The number of rotatable bonds is 4. The predicted octanol–water partition coefficient (Wildman–Crippen LogP) is 1.78. The molecule has 2 N–H and O–H groups in total. The summed E-state index contributed by atoms with van der Waals surface area (Å²) >= 11 is 0. The standard InChI is InChI=1S/C12H23NO/c1-8(7-14)9(2)13-12-6-10-3-4-11(12)5-10/h8-14H,3-7H2,1-2H3. The van der Waals surface area contributed by atoms with Crippen molar-refractivity contribution in [2.45, 2.75) is 51.6 Å². The number of nitrogens with one attached hydrogen (secondary N) is 1. The third-order valence-corrected chi connectivity index (χ3v) is 4.36. The van der Waals surface area contributed by atoms with Gasteiger partial charge in [-0.2, -0.15) is 0 Å². The van der Waals surface area contributed by atoms with E-state index >= 15 is 0 Å². The lowest BCUT2D eigenvalue weighted by atomic mass is 9.93. The zero-order chi connectivity index (χ0) is 10.1. The fraction of sp³-hybridized carbons (Fsp3) is 1.00. The SMILES string of the molecule is CC(CO)C(C)NC1CC2CCC1C2. The highest BCUT2D eigenvalue weighted by atomic mass is 16.3. The van der Waals surface area contributed by atoms with Crippen molar-refractivity contribution in [3.63, 3.8) is 0 Å². The molecule has 2 fully saturated rings. The van der Waals surface area contributed by atoms with Gasteiger partial charge in [0.25, 0.3) is 0 Å². The van der Waals surface area contributed by atoms with Crippen LogP contribution in [-0.4, -0.2) is 23.8 Å². The highest BCUT2D eigenvalue weighted by Crippen LogP contribution is 2.44. The van der Waals surface area contributed by atoms with Crippen LogP contribution in [0.2, 0.25) is 0 Å². The van der Waals surface area contributed by atoms with Crippen molar-refractivity contribution in [3.05, 3.63) is 0 Å². The zero-order valence-electron chi connectivity index (χ0n) is 9.37. The van der Waals surface area contributed by atoms with Crippen molar-refractivity contribution in [1.29, 1.82) is 0 Å². The molecular weight excluding hydrogens is 174 g/mol. The van der Waals surface area contributed by atoms with Gasteiger partial charge in [-0.25, -0.2) is 0 Å². The van der Waals surface area contributed by atoms with E-state index in [0.717, 1.165) is 17.9 Å². The molecule has 5 unspecified atom stereocenters. The van der Waals surface area contributed by atoms with Gasteiger partial charge in [-0.3, -0.25) is 0 Å². The quantitative estimate of drug-likeness (QED) is 0.720. The molecule has 0 aromatic carbocycles. The highest BCUT2D eigenvalue weighted by Gasteiger charge is 2.39. The van der Waals surface area contributed by atoms with E-state index in [4.69, 9.17) is 5.11 Å². The molecule has 2 nitrogen and oxygen atoms in total. The molecule has 2 aliphatic carbocycles. The second kappa shape index (κ2) is 4.19. The third kappa shape index (κ3) is 1.96. The van der Waals surface area contributed by atoms with Crippen LogP contribution < -0.4 is 5.32 Å². The van der Waals surface area contributed by atoms with Crippen molar-refractivity contribution < 1.29 is 5.11 Å². The molecular formula is C12H23NO. The molecule has 2 aliphatic rings. The van der Waals surface area contributed by atoms with E-state index in [9.17, 15) is 0 Å². The number of fused-ring (bicyclic) bond motifs is 2. The Labute approximate surface area is 87.1 Å². The van der Waals surface area contributed by atoms with Gasteiger partial charge in [0.1, 0.15) is 0 Å². The molecule has 5 atom stereocenters. The van der Waals surface area contributed by atoms with E-state index in [1.807, 2.05) is 0 Å². The summed E-state index contributed by atoms with van der Waals surface area (Å²) in [6.07, 6.45) is 5.74. The minimum absolute atomic E-state index is 0.301. The predicted molar refractivity (Wildman–Crippen MR) is 58.1 cm³/mol. The molecule has 2 saturated carbocycles. The van der Waals surface area contributed by atoms with Gasteiger partial charge in [-0.1, -0.05) is 13.3 Å².